The summed E-state index contributed by atoms with van der Waals surface area (Å²) in [6.45, 7) is 0. The van der Waals surface area contributed by atoms with Crippen LogP contribution in [0.15, 0.2) is 43.2 Å². The van der Waals surface area contributed by atoms with Gasteiger partial charge < -0.3 is 0 Å². The molecule has 1 aliphatic rings. The van der Waals surface area contributed by atoms with E-state index in [1.807, 2.05) is 29.8 Å². The molecule has 1 saturated carbocycles. The molecule has 0 bridgehead atoms. The molecule has 1 aliphatic carbocycles. The number of imidazole rings is 1. The lowest BCUT2D eigenvalue weighted by Gasteiger charge is -2.13. The quantitative estimate of drug-likeness (QED) is 0.519. The van der Waals surface area contributed by atoms with E-state index in [9.17, 15) is 8.78 Å². The summed E-state index contributed by atoms with van der Waals surface area (Å²) >= 11 is 0. The molecule has 0 amide bonds. The third kappa shape index (κ3) is 2.95. The lowest BCUT2D eigenvalue weighted by atomic mass is 10.1. The molecule has 5 rings (SSSR count). The molecular formula is C19H16F2N8. The number of fused-ring (bicyclic) bond motifs is 1. The molecule has 29 heavy (non-hydrogen) atoms. The number of aryl methyl sites for hydroxylation is 1. The van der Waals surface area contributed by atoms with Crippen LogP contribution >= 0.6 is 0 Å². The highest BCUT2D eigenvalue weighted by Crippen LogP contribution is 2.55. The molecule has 0 N–H and O–H groups in total. The van der Waals surface area contributed by atoms with Crippen LogP contribution in [0, 0.1) is 17.2 Å². The Labute approximate surface area is 164 Å². The Balaban J connectivity index is 1.58. The maximum atomic E-state index is 13.6. The largest absolute Gasteiger partial charge is 0.284 e. The Kier molecular flexibility index (Phi) is 3.74. The zero-order valence-corrected chi connectivity index (χ0v) is 15.4. The average Bonchev–Trinajstić information content (AvgIpc) is 3.21. The third-order valence-corrected chi connectivity index (χ3v) is 5.23. The van der Waals surface area contributed by atoms with Gasteiger partial charge in [-0.1, -0.05) is 0 Å². The van der Waals surface area contributed by atoms with Crippen molar-refractivity contribution in [1.29, 1.82) is 5.26 Å². The van der Waals surface area contributed by atoms with Crippen molar-refractivity contribution in [3.8, 4) is 28.7 Å². The van der Waals surface area contributed by atoms with E-state index < -0.39 is 17.9 Å². The Bertz CT molecular complexity index is 1240. The minimum absolute atomic E-state index is 0.0228. The van der Waals surface area contributed by atoms with Gasteiger partial charge in [0, 0.05) is 49.9 Å². The van der Waals surface area contributed by atoms with E-state index in [0.29, 0.717) is 22.7 Å². The van der Waals surface area contributed by atoms with Crippen molar-refractivity contribution in [3.63, 3.8) is 0 Å². The van der Waals surface area contributed by atoms with Gasteiger partial charge in [0.25, 0.3) is 5.92 Å². The van der Waals surface area contributed by atoms with Crippen LogP contribution in [0.4, 0.5) is 8.78 Å². The van der Waals surface area contributed by atoms with Gasteiger partial charge in [0.05, 0.1) is 48.1 Å². The summed E-state index contributed by atoms with van der Waals surface area (Å²) in [4.78, 5) is 9.09. The summed E-state index contributed by atoms with van der Waals surface area (Å²) in [5, 5.41) is 17.5. The van der Waals surface area contributed by atoms with Gasteiger partial charge in [-0.2, -0.15) is 15.5 Å². The molecule has 0 aliphatic heterocycles. The molecular weight excluding hydrogens is 378 g/mol. The van der Waals surface area contributed by atoms with Gasteiger partial charge in [0.15, 0.2) is 0 Å². The van der Waals surface area contributed by atoms with Gasteiger partial charge in [-0.15, -0.1) is 0 Å². The standard InChI is InChI=1S/C19H16F2N8/c1-27-10-12(8-24-27)15-6-17-23-4-5-28(17)18(26-15)13-9-25-29(11-13)16(2-3-22)14-7-19(14,20)21/h4-6,8-11,14,16H,2,7H2,1H3/t14-,16-/m0/s1. The fourth-order valence-corrected chi connectivity index (χ4v) is 3.63. The van der Waals surface area contributed by atoms with Crippen LogP contribution < -0.4 is 0 Å². The van der Waals surface area contributed by atoms with Crippen molar-refractivity contribution in [2.24, 2.45) is 13.0 Å². The average molecular weight is 394 g/mol. The zero-order chi connectivity index (χ0) is 20.2. The first kappa shape index (κ1) is 17.5. The fraction of sp³-hybridized carbons (Fsp3) is 0.316. The highest BCUT2D eigenvalue weighted by molar-refractivity contribution is 5.68. The van der Waals surface area contributed by atoms with Gasteiger partial charge >= 0.3 is 0 Å². The van der Waals surface area contributed by atoms with Crippen LogP contribution in [0.3, 0.4) is 0 Å². The highest BCUT2D eigenvalue weighted by atomic mass is 19.3. The molecule has 4 aromatic rings. The fourth-order valence-electron chi connectivity index (χ4n) is 3.63. The first-order valence-corrected chi connectivity index (χ1v) is 9.09. The number of nitriles is 1. The van der Waals surface area contributed by atoms with Crippen molar-refractivity contribution < 1.29 is 8.78 Å². The Morgan fingerprint density at radius 2 is 2.07 bits per heavy atom. The third-order valence-electron chi connectivity index (χ3n) is 5.23. The maximum absolute atomic E-state index is 13.6. The van der Waals surface area contributed by atoms with E-state index >= 15 is 0 Å². The number of hydrogen-bond acceptors (Lipinski definition) is 5. The van der Waals surface area contributed by atoms with Gasteiger partial charge in [-0.3, -0.25) is 13.8 Å². The number of hydrogen-bond donors (Lipinski definition) is 0. The van der Waals surface area contributed by atoms with Gasteiger partial charge in [0.2, 0.25) is 0 Å². The van der Waals surface area contributed by atoms with Gasteiger partial charge in [0.1, 0.15) is 11.5 Å². The second kappa shape index (κ2) is 6.20. The first-order chi connectivity index (χ1) is 14.0. The van der Waals surface area contributed by atoms with Crippen molar-refractivity contribution in [1.82, 2.24) is 33.9 Å². The predicted molar refractivity (Wildman–Crippen MR) is 98.7 cm³/mol. The Morgan fingerprint density at radius 1 is 1.28 bits per heavy atom. The summed E-state index contributed by atoms with van der Waals surface area (Å²) in [5.74, 6) is -3.01. The van der Waals surface area contributed by atoms with Gasteiger partial charge in [-0.05, 0) is 0 Å². The minimum atomic E-state index is -2.73. The van der Waals surface area contributed by atoms with Crippen molar-refractivity contribution >= 4 is 5.65 Å². The monoisotopic (exact) mass is 394 g/mol. The highest BCUT2D eigenvalue weighted by Gasteiger charge is 2.61. The Hall–Kier alpha value is -3.61. The molecule has 1 fully saturated rings. The van der Waals surface area contributed by atoms with Crippen molar-refractivity contribution in [2.45, 2.75) is 24.8 Å². The topological polar surface area (TPSA) is 89.6 Å². The number of nitrogens with zero attached hydrogens (tertiary/aromatic N) is 8. The van der Waals surface area contributed by atoms with E-state index in [1.165, 1.54) is 4.68 Å². The van der Waals surface area contributed by atoms with E-state index in [4.69, 9.17) is 10.2 Å². The first-order valence-electron chi connectivity index (χ1n) is 9.09. The van der Waals surface area contributed by atoms with E-state index in [1.54, 1.807) is 35.7 Å². The number of alkyl halides is 2. The summed E-state index contributed by atoms with van der Waals surface area (Å²) < 4.78 is 32.2. The summed E-state index contributed by atoms with van der Waals surface area (Å²) in [7, 11) is 1.82. The van der Waals surface area contributed by atoms with E-state index in [2.05, 4.69) is 15.2 Å². The SMILES string of the molecule is Cn1cc(-c2cc3nccn3c(-c3cnn([C@@H](CC#N)[C@@H]4CC4(F)F)c3)n2)cn1. The number of rotatable bonds is 5. The molecule has 0 aromatic carbocycles. The summed E-state index contributed by atoms with van der Waals surface area (Å²) in [6.07, 6.45) is 10.0. The molecule has 0 radical (unpaired) electrons. The van der Waals surface area contributed by atoms with Crippen LogP contribution in [0.2, 0.25) is 0 Å². The molecule has 4 heterocycles. The van der Waals surface area contributed by atoms with Gasteiger partial charge in [-0.25, -0.2) is 18.7 Å². The second-order valence-electron chi connectivity index (χ2n) is 7.23. The lowest BCUT2D eigenvalue weighted by molar-refractivity contribution is 0.0847. The molecule has 0 unspecified atom stereocenters. The van der Waals surface area contributed by atoms with Crippen LogP contribution in [0.5, 0.6) is 0 Å². The maximum Gasteiger partial charge on any atom is 0.253 e. The molecule has 4 aromatic heterocycles. The van der Waals surface area contributed by atoms with Crippen LogP contribution in [-0.2, 0) is 7.05 Å². The molecule has 0 saturated heterocycles. The number of halogens is 2. The zero-order valence-electron chi connectivity index (χ0n) is 15.4. The minimum Gasteiger partial charge on any atom is -0.284 e. The normalized spacial score (nSPS) is 18.6. The smallest absolute Gasteiger partial charge is 0.253 e. The predicted octanol–water partition coefficient (Wildman–Crippen LogP) is 3.10. The molecule has 0 spiro atoms. The molecule has 2 atom stereocenters. The summed E-state index contributed by atoms with van der Waals surface area (Å²) in [5.41, 5.74) is 2.89. The Morgan fingerprint density at radius 3 is 2.76 bits per heavy atom. The molecule has 8 nitrogen and oxygen atoms in total. The summed E-state index contributed by atoms with van der Waals surface area (Å²) in [6, 6.07) is 3.19. The molecule has 10 heteroatoms. The van der Waals surface area contributed by atoms with Crippen LogP contribution in [0.1, 0.15) is 18.9 Å². The van der Waals surface area contributed by atoms with E-state index in [-0.39, 0.29) is 12.8 Å². The van der Waals surface area contributed by atoms with Crippen molar-refractivity contribution in [3.05, 3.63) is 43.2 Å². The number of aromatic nitrogens is 7. The van der Waals surface area contributed by atoms with Crippen LogP contribution in [0.25, 0.3) is 28.3 Å². The second-order valence-corrected chi connectivity index (χ2v) is 7.23. The van der Waals surface area contributed by atoms with E-state index in [0.717, 1.165) is 5.56 Å². The van der Waals surface area contributed by atoms with Crippen molar-refractivity contribution in [2.75, 3.05) is 0 Å². The molecule has 146 valence electrons. The lowest BCUT2D eigenvalue weighted by Crippen LogP contribution is -2.15. The van der Waals surface area contributed by atoms with Crippen LogP contribution in [-0.4, -0.2) is 39.9 Å².